The molecule has 2 aliphatic rings. The van der Waals surface area contributed by atoms with Crippen LogP contribution in [0.3, 0.4) is 0 Å². The zero-order valence-electron chi connectivity index (χ0n) is 17.0. The van der Waals surface area contributed by atoms with Gasteiger partial charge in [0.25, 0.3) is 0 Å². The number of nitrogens with zero attached hydrogens (tertiary/aromatic N) is 5. The van der Waals surface area contributed by atoms with Crippen molar-refractivity contribution in [2.45, 2.75) is 62.7 Å². The van der Waals surface area contributed by atoms with Crippen LogP contribution in [-0.2, 0) is 30.3 Å². The van der Waals surface area contributed by atoms with E-state index in [0.29, 0.717) is 19.4 Å². The second-order valence-electron chi connectivity index (χ2n) is 7.19. The molecule has 1 aromatic rings. The zero-order chi connectivity index (χ0) is 21.9. The van der Waals surface area contributed by atoms with Crippen LogP contribution in [0.1, 0.15) is 33.6 Å². The molecule has 0 spiro atoms. The number of hydrogen-bond acceptors (Lipinski definition) is 11. The number of hydrogen-bond donors (Lipinski definition) is 1. The van der Waals surface area contributed by atoms with Crippen molar-refractivity contribution >= 4 is 29.8 Å². The molecule has 1 aromatic heterocycles. The Kier molecular flexibility index (Phi) is 6.81. The van der Waals surface area contributed by atoms with Crippen molar-refractivity contribution < 1.29 is 33.7 Å². The van der Waals surface area contributed by atoms with E-state index in [1.807, 2.05) is 0 Å². The number of rotatable bonds is 9. The molecule has 30 heavy (non-hydrogen) atoms. The van der Waals surface area contributed by atoms with Crippen LogP contribution < -0.4 is 0 Å². The van der Waals surface area contributed by atoms with Gasteiger partial charge in [-0.15, -0.1) is 16.9 Å². The second-order valence-corrected chi connectivity index (χ2v) is 8.69. The molecule has 1 N–H and O–H groups in total. The molecule has 1 amide bonds. The summed E-state index contributed by atoms with van der Waals surface area (Å²) in [6, 6.07) is 0. The standard InChI is InChI=1S/C17H25N5O7S/c1-4-27-16(26)29-11(3)28-15(25)17(6-5-7-21-9-18-19-20-21)8-22-13(24)12(10(2)23)14(22)30-17/h9-12,14,23H,4-8H2,1-3H3/t10-,11?,12+,14-,17?/m1/s1. The predicted octanol–water partition coefficient (Wildman–Crippen LogP) is 0.167. The molecule has 13 heteroatoms. The van der Waals surface area contributed by atoms with Crippen LogP contribution in [-0.4, -0.2) is 83.9 Å². The van der Waals surface area contributed by atoms with Crippen molar-refractivity contribution in [3.63, 3.8) is 0 Å². The van der Waals surface area contributed by atoms with Crippen LogP contribution in [0, 0.1) is 5.92 Å². The van der Waals surface area contributed by atoms with E-state index in [1.165, 1.54) is 25.0 Å². The van der Waals surface area contributed by atoms with E-state index in [9.17, 15) is 19.5 Å². The molecule has 0 aliphatic carbocycles. The summed E-state index contributed by atoms with van der Waals surface area (Å²) in [4.78, 5) is 38.5. The Balaban J connectivity index is 1.69. The minimum atomic E-state index is -1.15. The monoisotopic (exact) mass is 443 g/mol. The lowest BCUT2D eigenvalue weighted by Gasteiger charge is -2.42. The maximum Gasteiger partial charge on any atom is 0.511 e. The normalized spacial score (nSPS) is 27.1. The average molecular weight is 443 g/mol. The maximum absolute atomic E-state index is 13.1. The first-order chi connectivity index (χ1) is 14.3. The van der Waals surface area contributed by atoms with E-state index in [-0.39, 0.29) is 24.4 Å². The minimum Gasteiger partial charge on any atom is -0.435 e. The molecule has 2 aliphatic heterocycles. The van der Waals surface area contributed by atoms with E-state index in [0.717, 1.165) is 0 Å². The molecule has 3 heterocycles. The molecule has 166 valence electrons. The summed E-state index contributed by atoms with van der Waals surface area (Å²) in [5.41, 5.74) is 0. The highest BCUT2D eigenvalue weighted by Crippen LogP contribution is 2.52. The number of esters is 1. The van der Waals surface area contributed by atoms with Crippen molar-refractivity contribution in [3.05, 3.63) is 6.33 Å². The summed E-state index contributed by atoms with van der Waals surface area (Å²) >= 11 is 1.30. The number of carbonyl (C=O) groups is 3. The van der Waals surface area contributed by atoms with Gasteiger partial charge in [-0.2, -0.15) is 0 Å². The Morgan fingerprint density at radius 1 is 1.40 bits per heavy atom. The van der Waals surface area contributed by atoms with Crippen molar-refractivity contribution in [2.24, 2.45) is 5.92 Å². The van der Waals surface area contributed by atoms with Gasteiger partial charge in [-0.25, -0.2) is 9.48 Å². The van der Waals surface area contributed by atoms with E-state index in [2.05, 4.69) is 20.3 Å². The van der Waals surface area contributed by atoms with Crippen LogP contribution in [0.2, 0.25) is 0 Å². The SMILES string of the molecule is CCOC(=O)OC(C)OC(=O)C1(CCCn2cnnn2)CN2C(=O)[C@H]([C@@H](C)O)[C@H]2S1. The van der Waals surface area contributed by atoms with Gasteiger partial charge in [-0.05, 0) is 37.1 Å². The molecule has 2 fully saturated rings. The van der Waals surface area contributed by atoms with Gasteiger partial charge in [0.2, 0.25) is 12.2 Å². The summed E-state index contributed by atoms with van der Waals surface area (Å²) in [7, 11) is 0. The molecule has 2 saturated heterocycles. The Labute approximate surface area is 177 Å². The van der Waals surface area contributed by atoms with Gasteiger partial charge in [0, 0.05) is 20.0 Å². The first-order valence-corrected chi connectivity index (χ1v) is 10.6. The smallest absolute Gasteiger partial charge is 0.435 e. The topological polar surface area (TPSA) is 146 Å². The first kappa shape index (κ1) is 22.3. The number of β-lactam (4-membered cyclic amide) rings is 1. The zero-order valence-corrected chi connectivity index (χ0v) is 17.8. The number of ether oxygens (including phenoxy) is 3. The maximum atomic E-state index is 13.1. The number of amides is 1. The molecule has 12 nitrogen and oxygen atoms in total. The first-order valence-electron chi connectivity index (χ1n) is 9.69. The van der Waals surface area contributed by atoms with E-state index >= 15 is 0 Å². The fraction of sp³-hybridized carbons (Fsp3) is 0.765. The fourth-order valence-corrected chi connectivity index (χ4v) is 5.45. The number of tetrazole rings is 1. The molecular formula is C17H25N5O7S. The summed E-state index contributed by atoms with van der Waals surface area (Å²) < 4.78 is 15.5. The second kappa shape index (κ2) is 9.16. The number of aryl methyl sites for hydroxylation is 1. The highest BCUT2D eigenvalue weighted by molar-refractivity contribution is 8.02. The summed E-state index contributed by atoms with van der Waals surface area (Å²) in [5, 5.41) is 20.6. The molecule has 0 saturated carbocycles. The van der Waals surface area contributed by atoms with Gasteiger partial charge in [-0.1, -0.05) is 0 Å². The summed E-state index contributed by atoms with van der Waals surface area (Å²) in [6.07, 6.45) is -0.487. The quantitative estimate of drug-likeness (QED) is 0.316. The van der Waals surface area contributed by atoms with Crippen molar-refractivity contribution in [3.8, 4) is 0 Å². The van der Waals surface area contributed by atoms with E-state index in [4.69, 9.17) is 9.47 Å². The third-order valence-corrected chi connectivity index (χ3v) is 6.74. The summed E-state index contributed by atoms with van der Waals surface area (Å²) in [6.45, 7) is 5.39. The van der Waals surface area contributed by atoms with Crippen LogP contribution in [0.25, 0.3) is 0 Å². The molecule has 0 aromatic carbocycles. The fourth-order valence-electron chi connectivity index (χ4n) is 3.58. The van der Waals surface area contributed by atoms with Gasteiger partial charge >= 0.3 is 12.1 Å². The molecule has 3 rings (SSSR count). The lowest BCUT2D eigenvalue weighted by molar-refractivity contribution is -0.172. The van der Waals surface area contributed by atoms with Gasteiger partial charge in [0.1, 0.15) is 11.1 Å². The van der Waals surface area contributed by atoms with E-state index in [1.54, 1.807) is 23.4 Å². The number of aliphatic hydroxyl groups excluding tert-OH is 1. The highest BCUT2D eigenvalue weighted by atomic mass is 32.2. The van der Waals surface area contributed by atoms with Crippen LogP contribution in [0.15, 0.2) is 6.33 Å². The Hall–Kier alpha value is -2.41. The predicted molar refractivity (Wildman–Crippen MR) is 102 cm³/mol. The highest BCUT2D eigenvalue weighted by Gasteiger charge is 2.63. The number of fused-ring (bicyclic) bond motifs is 1. The number of carbonyl (C=O) groups excluding carboxylic acids is 3. The van der Waals surface area contributed by atoms with Gasteiger partial charge in [0.05, 0.1) is 24.0 Å². The average Bonchev–Trinajstić information content (AvgIpc) is 3.28. The largest absolute Gasteiger partial charge is 0.511 e. The molecular weight excluding hydrogens is 418 g/mol. The third kappa shape index (κ3) is 4.51. The van der Waals surface area contributed by atoms with Crippen LogP contribution in [0.4, 0.5) is 4.79 Å². The number of aliphatic hydroxyl groups is 1. The van der Waals surface area contributed by atoms with E-state index < -0.39 is 35.2 Å². The number of aromatic nitrogens is 4. The lowest BCUT2D eigenvalue weighted by atomic mass is 9.91. The molecule has 0 radical (unpaired) electrons. The third-order valence-electron chi connectivity index (χ3n) is 5.00. The minimum absolute atomic E-state index is 0.135. The Morgan fingerprint density at radius 3 is 2.80 bits per heavy atom. The Bertz CT molecular complexity index is 777. The number of thioether (sulfide) groups is 1. The van der Waals surface area contributed by atoms with Gasteiger partial charge in [-0.3, -0.25) is 9.59 Å². The summed E-state index contributed by atoms with van der Waals surface area (Å²) in [5.74, 6) is -1.33. The van der Waals surface area contributed by atoms with Crippen molar-refractivity contribution in [1.29, 1.82) is 0 Å². The van der Waals surface area contributed by atoms with Crippen molar-refractivity contribution in [2.75, 3.05) is 13.2 Å². The lowest BCUT2D eigenvalue weighted by Crippen LogP contribution is -2.60. The van der Waals surface area contributed by atoms with Gasteiger partial charge in [0.15, 0.2) is 0 Å². The molecule has 0 bridgehead atoms. The molecule has 2 unspecified atom stereocenters. The van der Waals surface area contributed by atoms with Crippen LogP contribution in [0.5, 0.6) is 0 Å². The Morgan fingerprint density at radius 2 is 2.17 bits per heavy atom. The van der Waals surface area contributed by atoms with Crippen LogP contribution >= 0.6 is 11.8 Å². The van der Waals surface area contributed by atoms with Gasteiger partial charge < -0.3 is 24.2 Å². The molecule has 5 atom stereocenters. The van der Waals surface area contributed by atoms with Crippen molar-refractivity contribution in [1.82, 2.24) is 25.1 Å².